The largest absolute Gasteiger partial charge is 0.455 e. The lowest BCUT2D eigenvalue weighted by atomic mass is 10.0. The van der Waals surface area contributed by atoms with Crippen molar-refractivity contribution in [3.05, 3.63) is 0 Å². The van der Waals surface area contributed by atoms with Crippen molar-refractivity contribution in [2.45, 2.75) is 258 Å². The average Bonchev–Trinajstić information content (AvgIpc) is 2.96. The van der Waals surface area contributed by atoms with Crippen LogP contribution in [0.3, 0.4) is 0 Å². The number of hydrogen-bond donors (Lipinski definition) is 0. The summed E-state index contributed by atoms with van der Waals surface area (Å²) in [6, 6.07) is 2.75. The van der Waals surface area contributed by atoms with Crippen molar-refractivity contribution in [3.63, 3.8) is 0 Å². The molecule has 0 aliphatic carbocycles. The summed E-state index contributed by atoms with van der Waals surface area (Å²) in [7, 11) is -2.99. The van der Waals surface area contributed by atoms with Gasteiger partial charge in [0.2, 0.25) is 0 Å². The second kappa shape index (κ2) is 32.3. The highest BCUT2D eigenvalue weighted by Gasteiger charge is 2.32. The average molecular weight is 639 g/mol. The van der Waals surface area contributed by atoms with Crippen LogP contribution in [0.2, 0.25) is 38.3 Å². The van der Waals surface area contributed by atoms with Crippen LogP contribution in [-0.4, -0.2) is 16.6 Å². The fourth-order valence-corrected chi connectivity index (χ4v) is 16.1. The Morgan fingerprint density at radius 3 is 0.605 bits per heavy atom. The molecule has 260 valence electrons. The fourth-order valence-electron chi connectivity index (χ4n) is 7.05. The molecule has 0 aliphatic heterocycles. The fraction of sp³-hybridized carbons (Fsp3) is 1.00. The van der Waals surface area contributed by atoms with Crippen molar-refractivity contribution < 1.29 is 4.12 Å². The Labute approximate surface area is 277 Å². The summed E-state index contributed by atoms with van der Waals surface area (Å²) in [5.41, 5.74) is 0. The Morgan fingerprint density at radius 2 is 0.419 bits per heavy atom. The topological polar surface area (TPSA) is 9.23 Å². The third kappa shape index (κ3) is 35.1. The van der Waals surface area contributed by atoms with Gasteiger partial charge in [-0.05, 0) is 38.3 Å². The van der Waals surface area contributed by atoms with Gasteiger partial charge in [-0.1, -0.05) is 219 Å². The van der Waals surface area contributed by atoms with Crippen molar-refractivity contribution in [2.75, 3.05) is 0 Å². The van der Waals surface area contributed by atoms with E-state index in [-0.39, 0.29) is 0 Å². The molecule has 0 atom stereocenters. The quantitative estimate of drug-likeness (QED) is 0.0490. The molecule has 0 rings (SSSR count). The van der Waals surface area contributed by atoms with E-state index in [1.54, 1.807) is 0 Å². The van der Waals surface area contributed by atoms with E-state index in [0.29, 0.717) is 0 Å². The van der Waals surface area contributed by atoms with Crippen LogP contribution in [0.25, 0.3) is 0 Å². The second-order valence-corrected chi connectivity index (χ2v) is 24.6. The molecule has 0 amide bonds. The molecule has 0 saturated heterocycles. The highest BCUT2D eigenvalue weighted by molar-refractivity contribution is 6.84. The summed E-state index contributed by atoms with van der Waals surface area (Å²) in [5, 5.41) is 0. The third-order valence-corrected chi connectivity index (χ3v) is 17.4. The molecule has 0 spiro atoms. The maximum Gasteiger partial charge on any atom is 0.173 e. The zero-order valence-corrected chi connectivity index (χ0v) is 33.4. The monoisotopic (exact) mass is 639 g/mol. The van der Waals surface area contributed by atoms with Crippen LogP contribution in [0, 0.1) is 0 Å². The molecular weight excluding hydrogens is 553 g/mol. The Hall–Kier alpha value is 0.394. The van der Waals surface area contributed by atoms with Gasteiger partial charge in [0.25, 0.3) is 0 Å². The highest BCUT2D eigenvalue weighted by atomic mass is 28.4. The Balaban J connectivity index is 3.51. The lowest BCUT2D eigenvalue weighted by molar-refractivity contribution is 0.512. The molecule has 0 aromatic carbocycles. The zero-order valence-electron chi connectivity index (χ0n) is 31.4. The lowest BCUT2D eigenvalue weighted by Crippen LogP contribution is -2.44. The first-order valence-electron chi connectivity index (χ1n) is 20.5. The van der Waals surface area contributed by atoms with E-state index in [0.717, 1.165) is 0 Å². The molecule has 0 aromatic heterocycles. The number of unbranched alkanes of at least 4 members (excludes halogenated alkanes) is 30. The van der Waals surface area contributed by atoms with Crippen LogP contribution in [0.4, 0.5) is 0 Å². The summed E-state index contributed by atoms with van der Waals surface area (Å²) in [6.45, 7) is 14.6. The van der Waals surface area contributed by atoms with Crippen LogP contribution in [-0.2, 0) is 4.12 Å². The Kier molecular flexibility index (Phi) is 32.6. The minimum absolute atomic E-state index is 1.37. The molecule has 0 unspecified atom stereocenters. The van der Waals surface area contributed by atoms with Crippen LogP contribution in [0.5, 0.6) is 0 Å². The van der Waals surface area contributed by atoms with Crippen LogP contribution >= 0.6 is 0 Å². The van der Waals surface area contributed by atoms with Crippen LogP contribution in [0.15, 0.2) is 0 Å². The van der Waals surface area contributed by atoms with Gasteiger partial charge in [0.15, 0.2) is 16.6 Å². The molecule has 1 nitrogen and oxygen atoms in total. The van der Waals surface area contributed by atoms with Gasteiger partial charge in [-0.15, -0.1) is 0 Å². The van der Waals surface area contributed by atoms with E-state index in [2.05, 4.69) is 40.0 Å². The lowest BCUT2D eigenvalue weighted by Gasteiger charge is -2.34. The first-order valence-corrected chi connectivity index (χ1v) is 26.8. The van der Waals surface area contributed by atoms with Gasteiger partial charge in [-0.2, -0.15) is 0 Å². The van der Waals surface area contributed by atoms with Crippen molar-refractivity contribution >= 4 is 16.6 Å². The van der Waals surface area contributed by atoms with Gasteiger partial charge >= 0.3 is 0 Å². The normalized spacial score (nSPS) is 12.4. The van der Waals surface area contributed by atoms with Crippen LogP contribution in [0.1, 0.15) is 219 Å². The van der Waals surface area contributed by atoms with Crippen molar-refractivity contribution in [2.24, 2.45) is 0 Å². The summed E-state index contributed by atoms with van der Waals surface area (Å²) < 4.78 is 6.95. The van der Waals surface area contributed by atoms with E-state index < -0.39 is 16.6 Å². The molecular formula is C40H86OSi2. The molecule has 43 heavy (non-hydrogen) atoms. The SMILES string of the molecule is CCCCCCCCCCCCCCCCCC[Si](C)(C)O[Si](C)(C)CCCCCCCCCCCCCCCCCC. The predicted octanol–water partition coefficient (Wildman–Crippen LogP) is 15.9. The second-order valence-electron chi connectivity index (χ2n) is 15.7. The van der Waals surface area contributed by atoms with Gasteiger partial charge in [0.05, 0.1) is 0 Å². The van der Waals surface area contributed by atoms with E-state index in [1.807, 2.05) is 0 Å². The minimum Gasteiger partial charge on any atom is -0.455 e. The molecule has 0 bridgehead atoms. The standard InChI is InChI=1S/C40H86OSi2/c1-7-9-11-13-15-17-19-21-23-25-27-29-31-33-35-37-39-42(3,4)41-43(5,6)40-38-36-34-32-30-28-26-24-22-20-18-16-14-12-10-8-2/h7-40H2,1-6H3. The number of rotatable bonds is 36. The molecule has 3 heteroatoms. The first kappa shape index (κ1) is 43.4. The Bertz CT molecular complexity index is 487. The summed E-state index contributed by atoms with van der Waals surface area (Å²) in [4.78, 5) is 0. The van der Waals surface area contributed by atoms with Gasteiger partial charge in [-0.3, -0.25) is 0 Å². The molecule has 0 saturated carbocycles. The highest BCUT2D eigenvalue weighted by Crippen LogP contribution is 2.26. The minimum atomic E-state index is -1.49. The van der Waals surface area contributed by atoms with Crippen molar-refractivity contribution in [1.29, 1.82) is 0 Å². The smallest absolute Gasteiger partial charge is 0.173 e. The summed E-state index contributed by atoms with van der Waals surface area (Å²) >= 11 is 0. The molecule has 0 fully saturated rings. The predicted molar refractivity (Wildman–Crippen MR) is 205 cm³/mol. The van der Waals surface area contributed by atoms with Gasteiger partial charge < -0.3 is 4.12 Å². The van der Waals surface area contributed by atoms with Gasteiger partial charge in [0.1, 0.15) is 0 Å². The van der Waals surface area contributed by atoms with E-state index in [9.17, 15) is 0 Å². The molecule has 0 radical (unpaired) electrons. The molecule has 0 aromatic rings. The molecule has 0 N–H and O–H groups in total. The summed E-state index contributed by atoms with van der Waals surface area (Å²) in [5.74, 6) is 0. The maximum atomic E-state index is 6.95. The van der Waals surface area contributed by atoms with Crippen molar-refractivity contribution in [3.8, 4) is 0 Å². The molecule has 0 aliphatic rings. The van der Waals surface area contributed by atoms with E-state index in [1.165, 1.54) is 218 Å². The van der Waals surface area contributed by atoms with Crippen molar-refractivity contribution in [1.82, 2.24) is 0 Å². The zero-order chi connectivity index (χ0) is 31.7. The Morgan fingerprint density at radius 1 is 0.256 bits per heavy atom. The van der Waals surface area contributed by atoms with E-state index in [4.69, 9.17) is 4.12 Å². The number of hydrogen-bond acceptors (Lipinski definition) is 1. The maximum absolute atomic E-state index is 6.95. The first-order chi connectivity index (χ1) is 20.8. The molecule has 0 heterocycles. The summed E-state index contributed by atoms with van der Waals surface area (Å²) in [6.07, 6.45) is 46.6. The third-order valence-electron chi connectivity index (χ3n) is 9.82. The van der Waals surface area contributed by atoms with Gasteiger partial charge in [-0.25, -0.2) is 0 Å². The van der Waals surface area contributed by atoms with Crippen LogP contribution < -0.4 is 0 Å². The van der Waals surface area contributed by atoms with E-state index >= 15 is 0 Å². The van der Waals surface area contributed by atoms with Gasteiger partial charge in [0, 0.05) is 0 Å².